The Balaban J connectivity index is 2.58. The van der Waals surface area contributed by atoms with Crippen molar-refractivity contribution in [2.75, 3.05) is 0 Å². The maximum Gasteiger partial charge on any atom is 0.339 e. The summed E-state index contributed by atoms with van der Waals surface area (Å²) in [5, 5.41) is 28.1. The van der Waals surface area contributed by atoms with Crippen LogP contribution in [0.2, 0.25) is 0 Å². The Morgan fingerprint density at radius 2 is 1.59 bits per heavy atom. The first kappa shape index (κ1) is 11.0. The van der Waals surface area contributed by atoms with Gasteiger partial charge >= 0.3 is 5.97 Å². The lowest BCUT2D eigenvalue weighted by atomic mass is 10.0. The number of phenolic OH excluding ortho intramolecular Hbond substituents is 1. The van der Waals surface area contributed by atoms with Crippen LogP contribution in [0.5, 0.6) is 11.5 Å². The standard InChI is InChI=1S/C13H10O4/c14-11-7-10(13(16)17)12(15)6-9(11)8-4-2-1-3-5-8/h1-7,14-15H,(H,16,17). The third kappa shape index (κ3) is 2.06. The van der Waals surface area contributed by atoms with Gasteiger partial charge in [0.15, 0.2) is 0 Å². The number of carbonyl (C=O) groups is 1. The van der Waals surface area contributed by atoms with E-state index in [1.165, 1.54) is 6.07 Å². The molecule has 0 heterocycles. The first-order valence-electron chi connectivity index (χ1n) is 4.94. The number of benzene rings is 2. The minimum Gasteiger partial charge on any atom is -0.507 e. The third-order valence-electron chi connectivity index (χ3n) is 2.43. The Bertz CT molecular complexity index is 561. The zero-order chi connectivity index (χ0) is 12.4. The van der Waals surface area contributed by atoms with E-state index in [0.717, 1.165) is 6.07 Å². The highest BCUT2D eigenvalue weighted by atomic mass is 16.4. The van der Waals surface area contributed by atoms with Gasteiger partial charge in [-0.15, -0.1) is 0 Å². The van der Waals surface area contributed by atoms with Crippen LogP contribution in [-0.4, -0.2) is 21.3 Å². The fourth-order valence-electron chi connectivity index (χ4n) is 1.60. The summed E-state index contributed by atoms with van der Waals surface area (Å²) in [7, 11) is 0. The van der Waals surface area contributed by atoms with Gasteiger partial charge in [-0.05, 0) is 17.7 Å². The molecule has 2 aromatic rings. The molecule has 3 N–H and O–H groups in total. The Morgan fingerprint density at radius 3 is 2.18 bits per heavy atom. The normalized spacial score (nSPS) is 10.1. The number of carboxylic acid groups (broad SMARTS) is 1. The molecule has 4 heteroatoms. The second-order valence-corrected chi connectivity index (χ2v) is 3.56. The minimum atomic E-state index is -1.28. The molecule has 0 unspecified atom stereocenters. The zero-order valence-electron chi connectivity index (χ0n) is 8.79. The summed E-state index contributed by atoms with van der Waals surface area (Å²) in [5.74, 6) is -1.82. The van der Waals surface area contributed by atoms with Crippen LogP contribution in [0.3, 0.4) is 0 Å². The molecule has 0 saturated heterocycles. The van der Waals surface area contributed by atoms with Crippen molar-refractivity contribution in [2.45, 2.75) is 0 Å². The molecule has 0 bridgehead atoms. The van der Waals surface area contributed by atoms with Crippen molar-refractivity contribution in [3.05, 3.63) is 48.0 Å². The predicted octanol–water partition coefficient (Wildman–Crippen LogP) is 2.46. The van der Waals surface area contributed by atoms with Crippen molar-refractivity contribution in [3.8, 4) is 22.6 Å². The van der Waals surface area contributed by atoms with Gasteiger partial charge in [0.2, 0.25) is 0 Å². The molecule has 4 nitrogen and oxygen atoms in total. The number of aromatic hydroxyl groups is 2. The summed E-state index contributed by atoms with van der Waals surface area (Å²) < 4.78 is 0. The first-order valence-corrected chi connectivity index (χ1v) is 4.94. The topological polar surface area (TPSA) is 77.8 Å². The summed E-state index contributed by atoms with van der Waals surface area (Å²) in [5.41, 5.74) is 0.785. The molecule has 0 spiro atoms. The van der Waals surface area contributed by atoms with Crippen LogP contribution in [0.15, 0.2) is 42.5 Å². The van der Waals surface area contributed by atoms with E-state index in [-0.39, 0.29) is 17.1 Å². The molecule has 0 aliphatic heterocycles. The molecule has 0 aromatic heterocycles. The first-order chi connectivity index (χ1) is 8.09. The number of aromatic carboxylic acids is 1. The van der Waals surface area contributed by atoms with Crippen LogP contribution >= 0.6 is 0 Å². The third-order valence-corrected chi connectivity index (χ3v) is 2.43. The van der Waals surface area contributed by atoms with E-state index in [9.17, 15) is 15.0 Å². The average Bonchev–Trinajstić information content (AvgIpc) is 2.32. The molecule has 2 aromatic carbocycles. The molecule has 17 heavy (non-hydrogen) atoms. The molecule has 86 valence electrons. The molecule has 0 radical (unpaired) electrons. The molecular formula is C13H10O4. The molecule has 0 aliphatic rings. The van der Waals surface area contributed by atoms with Crippen molar-refractivity contribution < 1.29 is 20.1 Å². The van der Waals surface area contributed by atoms with E-state index < -0.39 is 5.97 Å². The number of hydrogen-bond acceptors (Lipinski definition) is 3. The van der Waals surface area contributed by atoms with Gasteiger partial charge in [-0.25, -0.2) is 4.79 Å². The SMILES string of the molecule is O=C(O)c1cc(O)c(-c2ccccc2)cc1O. The lowest BCUT2D eigenvalue weighted by Crippen LogP contribution is -1.97. The lowest BCUT2D eigenvalue weighted by Gasteiger charge is -2.07. The van der Waals surface area contributed by atoms with Crippen LogP contribution in [-0.2, 0) is 0 Å². The highest BCUT2D eigenvalue weighted by Crippen LogP contribution is 2.34. The van der Waals surface area contributed by atoms with Crippen LogP contribution in [0.4, 0.5) is 0 Å². The van der Waals surface area contributed by atoms with E-state index in [0.29, 0.717) is 11.1 Å². The van der Waals surface area contributed by atoms with Crippen LogP contribution in [0.1, 0.15) is 10.4 Å². The second-order valence-electron chi connectivity index (χ2n) is 3.56. The highest BCUT2D eigenvalue weighted by Gasteiger charge is 2.14. The van der Waals surface area contributed by atoms with Gasteiger partial charge in [-0.1, -0.05) is 30.3 Å². The molecular weight excluding hydrogens is 220 g/mol. The summed E-state index contributed by atoms with van der Waals surface area (Å²) in [6.07, 6.45) is 0. The van der Waals surface area contributed by atoms with E-state index in [2.05, 4.69) is 0 Å². The quantitative estimate of drug-likeness (QED) is 0.692. The van der Waals surface area contributed by atoms with Crippen LogP contribution in [0.25, 0.3) is 11.1 Å². The van der Waals surface area contributed by atoms with Crippen molar-refractivity contribution in [1.29, 1.82) is 0 Å². The summed E-state index contributed by atoms with van der Waals surface area (Å²) >= 11 is 0. The molecule has 2 rings (SSSR count). The van der Waals surface area contributed by atoms with E-state index in [4.69, 9.17) is 5.11 Å². The smallest absolute Gasteiger partial charge is 0.339 e. The van der Waals surface area contributed by atoms with E-state index in [1.54, 1.807) is 24.3 Å². The Kier molecular flexibility index (Phi) is 2.70. The molecule has 0 atom stereocenters. The van der Waals surface area contributed by atoms with Crippen molar-refractivity contribution in [3.63, 3.8) is 0 Å². The van der Waals surface area contributed by atoms with Gasteiger partial charge in [-0.2, -0.15) is 0 Å². The number of phenols is 2. The van der Waals surface area contributed by atoms with E-state index >= 15 is 0 Å². The monoisotopic (exact) mass is 230 g/mol. The maximum atomic E-state index is 10.8. The maximum absolute atomic E-state index is 10.8. The largest absolute Gasteiger partial charge is 0.507 e. The summed E-state index contributed by atoms with van der Waals surface area (Å²) in [6.45, 7) is 0. The fraction of sp³-hybridized carbons (Fsp3) is 0. The Morgan fingerprint density at radius 1 is 0.941 bits per heavy atom. The minimum absolute atomic E-state index is 0.175. The van der Waals surface area contributed by atoms with Gasteiger partial charge in [0.1, 0.15) is 17.1 Å². The van der Waals surface area contributed by atoms with Gasteiger partial charge < -0.3 is 15.3 Å². The number of carboxylic acids is 1. The number of rotatable bonds is 2. The second kappa shape index (κ2) is 4.17. The molecule has 0 fully saturated rings. The van der Waals surface area contributed by atoms with Crippen molar-refractivity contribution in [2.24, 2.45) is 0 Å². The van der Waals surface area contributed by atoms with Gasteiger partial charge in [-0.3, -0.25) is 0 Å². The fourth-order valence-corrected chi connectivity index (χ4v) is 1.60. The van der Waals surface area contributed by atoms with Crippen molar-refractivity contribution in [1.82, 2.24) is 0 Å². The van der Waals surface area contributed by atoms with Gasteiger partial charge in [0.05, 0.1) is 0 Å². The zero-order valence-corrected chi connectivity index (χ0v) is 8.79. The number of hydrogen-bond donors (Lipinski definition) is 3. The molecule has 0 amide bonds. The summed E-state index contributed by atoms with van der Waals surface area (Å²) in [6, 6.07) is 11.2. The predicted molar refractivity (Wildman–Crippen MR) is 62.2 cm³/mol. The Hall–Kier alpha value is -2.49. The average molecular weight is 230 g/mol. The van der Waals surface area contributed by atoms with Crippen LogP contribution < -0.4 is 0 Å². The van der Waals surface area contributed by atoms with E-state index in [1.807, 2.05) is 6.07 Å². The van der Waals surface area contributed by atoms with Gasteiger partial charge in [0, 0.05) is 5.56 Å². The van der Waals surface area contributed by atoms with Crippen LogP contribution in [0, 0.1) is 0 Å². The van der Waals surface area contributed by atoms with Gasteiger partial charge in [0.25, 0.3) is 0 Å². The molecule has 0 saturated carbocycles. The summed E-state index contributed by atoms with van der Waals surface area (Å²) in [4.78, 5) is 10.8. The lowest BCUT2D eigenvalue weighted by molar-refractivity contribution is 0.0693. The highest BCUT2D eigenvalue weighted by molar-refractivity contribution is 5.93. The molecule has 0 aliphatic carbocycles. The Labute approximate surface area is 97.4 Å². The van der Waals surface area contributed by atoms with Crippen molar-refractivity contribution >= 4 is 5.97 Å².